The summed E-state index contributed by atoms with van der Waals surface area (Å²) in [7, 11) is 0. The van der Waals surface area contributed by atoms with Crippen molar-refractivity contribution in [2.24, 2.45) is 5.92 Å². The second kappa shape index (κ2) is 7.13. The van der Waals surface area contributed by atoms with E-state index in [0.717, 1.165) is 0 Å². The van der Waals surface area contributed by atoms with Crippen molar-refractivity contribution in [1.82, 2.24) is 15.1 Å². The van der Waals surface area contributed by atoms with Crippen molar-refractivity contribution >= 4 is 11.6 Å². The van der Waals surface area contributed by atoms with Gasteiger partial charge >= 0.3 is 0 Å². The molecule has 2 N–H and O–H groups in total. The number of nitriles is 1. The first-order chi connectivity index (χ1) is 11.4. The largest absolute Gasteiger partial charge is 0.372 e. The van der Waals surface area contributed by atoms with Crippen LogP contribution >= 0.6 is 0 Å². The minimum absolute atomic E-state index is 0.0560. The van der Waals surface area contributed by atoms with Crippen molar-refractivity contribution in [3.63, 3.8) is 0 Å². The number of carbonyl (C=O) groups excluding carboxylic acids is 1. The number of carbonyl (C=O) groups is 1. The number of nitrogens with zero attached hydrogens (tertiary/aromatic N) is 3. The zero-order valence-corrected chi connectivity index (χ0v) is 13.9. The fraction of sp³-hybridized carbons (Fsp3) is 0.353. The fourth-order valence-electron chi connectivity index (χ4n) is 2.09. The van der Waals surface area contributed by atoms with E-state index in [1.807, 2.05) is 13.8 Å². The third-order valence-corrected chi connectivity index (χ3v) is 3.95. The number of amides is 1. The average Bonchev–Trinajstić information content (AvgIpc) is 3.07. The van der Waals surface area contributed by atoms with Gasteiger partial charge < -0.3 is 10.6 Å². The Bertz CT molecular complexity index is 751. The molecule has 0 aliphatic heterocycles. The lowest BCUT2D eigenvalue weighted by Crippen LogP contribution is -2.50. The molecule has 126 valence electrons. The van der Waals surface area contributed by atoms with E-state index in [1.54, 1.807) is 37.5 Å². The van der Waals surface area contributed by atoms with Crippen LogP contribution in [-0.4, -0.2) is 27.8 Å². The summed E-state index contributed by atoms with van der Waals surface area (Å²) in [6.45, 7) is 5.21. The van der Waals surface area contributed by atoms with Crippen LogP contribution in [0.2, 0.25) is 0 Å². The average molecular weight is 329 g/mol. The minimum Gasteiger partial charge on any atom is -0.372 e. The quantitative estimate of drug-likeness (QED) is 0.853. The van der Waals surface area contributed by atoms with Crippen LogP contribution in [0.4, 0.5) is 10.1 Å². The molecule has 0 radical (unpaired) electrons. The molecule has 24 heavy (non-hydrogen) atoms. The molecule has 7 heteroatoms. The van der Waals surface area contributed by atoms with E-state index >= 15 is 0 Å². The van der Waals surface area contributed by atoms with Crippen LogP contribution in [0, 0.1) is 23.1 Å². The number of halogens is 1. The minimum atomic E-state index is -0.973. The van der Waals surface area contributed by atoms with E-state index in [2.05, 4.69) is 21.8 Å². The van der Waals surface area contributed by atoms with Gasteiger partial charge in [-0.2, -0.15) is 10.4 Å². The van der Waals surface area contributed by atoms with Gasteiger partial charge in [-0.15, -0.1) is 0 Å². The normalized spacial score (nSPS) is 13.2. The first-order valence-corrected chi connectivity index (χ1v) is 7.62. The van der Waals surface area contributed by atoms with Crippen molar-refractivity contribution in [2.45, 2.75) is 26.3 Å². The van der Waals surface area contributed by atoms with Crippen LogP contribution in [0.3, 0.4) is 0 Å². The van der Waals surface area contributed by atoms with Crippen LogP contribution in [0.15, 0.2) is 36.7 Å². The van der Waals surface area contributed by atoms with Gasteiger partial charge in [-0.1, -0.05) is 19.9 Å². The molecule has 2 aromatic rings. The third-order valence-electron chi connectivity index (χ3n) is 3.95. The SMILES string of the molecule is CC(C)[C@@](C)(C#N)NC(=O)CNc1c(F)cccc1-n1cccn1. The van der Waals surface area contributed by atoms with Crippen molar-refractivity contribution in [1.29, 1.82) is 5.26 Å². The summed E-state index contributed by atoms with van der Waals surface area (Å²) in [6, 6.07) is 8.41. The lowest BCUT2D eigenvalue weighted by molar-refractivity contribution is -0.121. The summed E-state index contributed by atoms with van der Waals surface area (Å²) in [5.74, 6) is -0.926. The number of para-hydroxylation sites is 1. The highest BCUT2D eigenvalue weighted by Gasteiger charge is 2.29. The summed E-state index contributed by atoms with van der Waals surface area (Å²) >= 11 is 0. The van der Waals surface area contributed by atoms with Gasteiger partial charge in [-0.25, -0.2) is 9.07 Å². The van der Waals surface area contributed by atoms with Crippen LogP contribution in [0.1, 0.15) is 20.8 Å². The van der Waals surface area contributed by atoms with Crippen molar-refractivity contribution in [3.05, 3.63) is 42.5 Å². The van der Waals surface area contributed by atoms with Crippen LogP contribution in [-0.2, 0) is 4.79 Å². The Labute approximate surface area is 140 Å². The Hall–Kier alpha value is -2.88. The maximum atomic E-state index is 14.1. The molecule has 0 saturated heterocycles. The number of hydrogen-bond donors (Lipinski definition) is 2. The zero-order chi connectivity index (χ0) is 17.7. The summed E-state index contributed by atoms with van der Waals surface area (Å²) in [5, 5.41) is 18.8. The molecule has 1 aromatic carbocycles. The summed E-state index contributed by atoms with van der Waals surface area (Å²) in [6.07, 6.45) is 3.27. The Morgan fingerprint density at radius 3 is 2.79 bits per heavy atom. The first-order valence-electron chi connectivity index (χ1n) is 7.62. The van der Waals surface area contributed by atoms with Gasteiger partial charge in [0.25, 0.3) is 0 Å². The monoisotopic (exact) mass is 329 g/mol. The standard InChI is InChI=1S/C17H20FN5O/c1-12(2)17(3,11-19)22-15(24)10-20-16-13(18)6-4-7-14(16)23-9-5-8-21-23/h4-9,12,20H,10H2,1-3H3,(H,22,24)/t17-/m1/s1. The maximum absolute atomic E-state index is 14.1. The molecule has 6 nitrogen and oxygen atoms in total. The Balaban J connectivity index is 2.13. The lowest BCUT2D eigenvalue weighted by atomic mass is 9.90. The predicted octanol–water partition coefficient (Wildman–Crippen LogP) is 2.48. The number of anilines is 1. The molecule has 1 atom stereocenters. The Kier molecular flexibility index (Phi) is 5.19. The maximum Gasteiger partial charge on any atom is 0.240 e. The Morgan fingerprint density at radius 2 is 2.21 bits per heavy atom. The van der Waals surface area contributed by atoms with E-state index in [1.165, 1.54) is 10.7 Å². The van der Waals surface area contributed by atoms with Gasteiger partial charge in [-0.3, -0.25) is 4.79 Å². The lowest BCUT2D eigenvalue weighted by Gasteiger charge is -2.27. The molecular weight excluding hydrogens is 309 g/mol. The second-order valence-corrected chi connectivity index (χ2v) is 5.96. The van der Waals surface area contributed by atoms with Gasteiger partial charge in [-0.05, 0) is 31.0 Å². The van der Waals surface area contributed by atoms with Crippen LogP contribution in [0.5, 0.6) is 0 Å². The molecule has 0 fully saturated rings. The van der Waals surface area contributed by atoms with Gasteiger partial charge in [0.05, 0.1) is 24.0 Å². The van der Waals surface area contributed by atoms with Crippen molar-refractivity contribution in [3.8, 4) is 11.8 Å². The van der Waals surface area contributed by atoms with Crippen LogP contribution < -0.4 is 10.6 Å². The van der Waals surface area contributed by atoms with E-state index in [4.69, 9.17) is 0 Å². The van der Waals surface area contributed by atoms with E-state index in [0.29, 0.717) is 5.69 Å². The third kappa shape index (κ3) is 3.71. The predicted molar refractivity (Wildman–Crippen MR) is 89.0 cm³/mol. The topological polar surface area (TPSA) is 82.7 Å². The smallest absolute Gasteiger partial charge is 0.240 e. The molecule has 0 unspecified atom stereocenters. The zero-order valence-electron chi connectivity index (χ0n) is 13.9. The van der Waals surface area contributed by atoms with Gasteiger partial charge in [0.15, 0.2) is 0 Å². The van der Waals surface area contributed by atoms with Gasteiger partial charge in [0.1, 0.15) is 11.4 Å². The summed E-state index contributed by atoms with van der Waals surface area (Å²) in [5.41, 5.74) is -0.294. The molecular formula is C17H20FN5O. The van der Waals surface area contributed by atoms with Gasteiger partial charge in [0.2, 0.25) is 5.91 Å². The molecule has 0 spiro atoms. The molecule has 0 aliphatic rings. The first kappa shape index (κ1) is 17.5. The molecule has 0 saturated carbocycles. The fourth-order valence-corrected chi connectivity index (χ4v) is 2.09. The number of aromatic nitrogens is 2. The molecule has 0 bridgehead atoms. The summed E-state index contributed by atoms with van der Waals surface area (Å²) in [4.78, 5) is 12.1. The van der Waals surface area contributed by atoms with E-state index in [9.17, 15) is 14.4 Å². The number of rotatable bonds is 6. The Morgan fingerprint density at radius 1 is 1.46 bits per heavy atom. The molecule has 1 amide bonds. The number of nitrogens with one attached hydrogen (secondary N) is 2. The molecule has 1 aromatic heterocycles. The van der Waals surface area contributed by atoms with Crippen LogP contribution in [0.25, 0.3) is 5.69 Å². The van der Waals surface area contributed by atoms with E-state index in [-0.39, 0.29) is 24.1 Å². The van der Waals surface area contributed by atoms with Crippen molar-refractivity contribution in [2.75, 3.05) is 11.9 Å². The molecule has 2 rings (SSSR count). The molecule has 1 heterocycles. The van der Waals surface area contributed by atoms with Gasteiger partial charge in [0, 0.05) is 12.4 Å². The highest BCUT2D eigenvalue weighted by molar-refractivity contribution is 5.82. The second-order valence-electron chi connectivity index (χ2n) is 5.96. The highest BCUT2D eigenvalue weighted by atomic mass is 19.1. The molecule has 0 aliphatic carbocycles. The highest BCUT2D eigenvalue weighted by Crippen LogP contribution is 2.23. The number of hydrogen-bond acceptors (Lipinski definition) is 4. The van der Waals surface area contributed by atoms with E-state index < -0.39 is 11.4 Å². The summed E-state index contributed by atoms with van der Waals surface area (Å²) < 4.78 is 15.6. The number of benzene rings is 1. The van der Waals surface area contributed by atoms with Crippen molar-refractivity contribution < 1.29 is 9.18 Å².